The van der Waals surface area contributed by atoms with Crippen LogP contribution in [0.5, 0.6) is 0 Å². The van der Waals surface area contributed by atoms with Crippen LogP contribution < -0.4 is 0 Å². The molecule has 1 N–H and O–H groups in total. The first-order valence-electron chi connectivity index (χ1n) is 8.27. The topological polar surface area (TPSA) is 47.4 Å². The molecule has 2 aromatic rings. The largest absolute Gasteiger partial charge is 0.283 e. The summed E-state index contributed by atoms with van der Waals surface area (Å²) >= 11 is 4.22. The summed E-state index contributed by atoms with van der Waals surface area (Å²) < 4.78 is 116. The molecule has 1 aliphatic heterocycles. The average molecular weight is 468 g/mol. The lowest BCUT2D eigenvalue weighted by Crippen LogP contribution is -2.62. The fourth-order valence-corrected chi connectivity index (χ4v) is 3.70. The van der Waals surface area contributed by atoms with Gasteiger partial charge in [-0.05, 0) is 19.1 Å². The molecule has 0 aliphatic carbocycles. The third kappa shape index (κ3) is 2.93. The van der Waals surface area contributed by atoms with Gasteiger partial charge in [0.1, 0.15) is 16.3 Å². The highest BCUT2D eigenvalue weighted by molar-refractivity contribution is 7.80. The molecule has 4 nitrogen and oxygen atoms in total. The predicted molar refractivity (Wildman–Crippen MR) is 92.0 cm³/mol. The minimum atomic E-state index is -3.18. The number of carbonyl (C=O) groups excluding carboxylic acids is 1. The summed E-state index contributed by atoms with van der Waals surface area (Å²) in [5.74, 6) is -19.6. The van der Waals surface area contributed by atoms with Crippen molar-refractivity contribution in [3.05, 3.63) is 64.0 Å². The van der Waals surface area contributed by atoms with Gasteiger partial charge in [0.15, 0.2) is 34.9 Å². The molecule has 1 amide bonds. The van der Waals surface area contributed by atoms with Gasteiger partial charge in [-0.3, -0.25) is 15.1 Å². The summed E-state index contributed by atoms with van der Waals surface area (Å²) in [7, 11) is 0.770. The monoisotopic (exact) mass is 468 g/mol. The zero-order valence-electron chi connectivity index (χ0n) is 15.5. The number of nitrogens with zero attached hydrogens (tertiary/aromatic N) is 2. The number of halogens is 8. The van der Waals surface area contributed by atoms with Crippen molar-refractivity contribution >= 4 is 24.5 Å². The van der Waals surface area contributed by atoms with Crippen LogP contribution in [0.15, 0.2) is 17.0 Å². The van der Waals surface area contributed by atoms with Crippen molar-refractivity contribution in [2.24, 2.45) is 0 Å². The molecule has 31 heavy (non-hydrogen) atoms. The Hall–Kier alpha value is -2.96. The van der Waals surface area contributed by atoms with E-state index in [1.54, 1.807) is 0 Å². The minimum Gasteiger partial charge on any atom is -0.283 e. The highest BCUT2D eigenvalue weighted by Crippen LogP contribution is 2.50. The Labute approximate surface area is 174 Å². The molecule has 0 bridgehead atoms. The van der Waals surface area contributed by atoms with Crippen molar-refractivity contribution in [1.29, 1.82) is 5.41 Å². The molecule has 165 valence electrons. The molecule has 2 aromatic carbocycles. The van der Waals surface area contributed by atoms with Crippen LogP contribution in [0.2, 0.25) is 0 Å². The van der Waals surface area contributed by atoms with E-state index >= 15 is 4.48 Å². The molecule has 1 radical (unpaired) electrons. The third-order valence-electron chi connectivity index (χ3n) is 5.15. The third-order valence-corrected chi connectivity index (χ3v) is 5.51. The first kappa shape index (κ1) is 22.7. The normalized spacial score (nSPS) is 21.8. The standard InChI is InChI=1S/C18H10F8N3OS/c1-18(8-5(19)3-4-6(20)10(8)21)9(16(30)28(2)17(27)29(18)26)7-11(22)13(24)15(31)14(25)12(7)23/h3-4,9,27H,1-2H3/t9-,18+/m0/s1. The number of hydrogen-bond donors (Lipinski definition) is 1. The number of guanidine groups is 1. The Morgan fingerprint density at radius 3 is 1.94 bits per heavy atom. The average Bonchev–Trinajstić information content (AvgIpc) is 2.73. The molecule has 2 atom stereocenters. The van der Waals surface area contributed by atoms with Gasteiger partial charge in [0, 0.05) is 12.6 Å². The Bertz CT molecular complexity index is 1110. The second-order valence-corrected chi connectivity index (χ2v) is 7.21. The van der Waals surface area contributed by atoms with E-state index in [-0.39, 0.29) is 4.90 Å². The molecule has 13 heteroatoms. The van der Waals surface area contributed by atoms with E-state index in [9.17, 15) is 35.5 Å². The molecular weight excluding hydrogens is 458 g/mol. The summed E-state index contributed by atoms with van der Waals surface area (Å²) in [5.41, 5.74) is -6.45. The summed E-state index contributed by atoms with van der Waals surface area (Å²) in [6.45, 7) is 0.522. The zero-order chi connectivity index (χ0) is 23.6. The lowest BCUT2D eigenvalue weighted by atomic mass is 9.72. The summed E-state index contributed by atoms with van der Waals surface area (Å²) in [5, 5.41) is 6.92. The van der Waals surface area contributed by atoms with Gasteiger partial charge in [0.25, 0.3) is 0 Å². The van der Waals surface area contributed by atoms with E-state index < -0.39 is 85.2 Å². The Kier molecular flexibility index (Phi) is 5.37. The fourth-order valence-electron chi connectivity index (χ4n) is 3.52. The van der Waals surface area contributed by atoms with E-state index in [0.29, 0.717) is 19.1 Å². The summed E-state index contributed by atoms with van der Waals surface area (Å²) in [4.78, 5) is 11.5. The maximum atomic E-state index is 15.2. The Morgan fingerprint density at radius 1 is 0.935 bits per heavy atom. The van der Waals surface area contributed by atoms with Gasteiger partial charge < -0.3 is 0 Å². The van der Waals surface area contributed by atoms with E-state index in [1.807, 2.05) is 0 Å². The number of hydrogen-bond acceptors (Lipinski definition) is 2. The summed E-state index contributed by atoms with van der Waals surface area (Å²) in [6, 6.07) is 0.667. The molecule has 1 saturated heterocycles. The van der Waals surface area contributed by atoms with Crippen LogP contribution in [0.3, 0.4) is 0 Å². The number of amides is 1. The SMILES string of the molecule is CN1C(=N)N(F)[C@](C)(c2c(F)ccc(F)c2F)[C@@H](c2c(F)c(F)c([S])c(F)c2F)C1=O. The number of carbonyl (C=O) groups is 1. The van der Waals surface area contributed by atoms with Crippen molar-refractivity contribution in [1.82, 2.24) is 10.0 Å². The highest BCUT2D eigenvalue weighted by Gasteiger charge is 2.59. The first-order valence-corrected chi connectivity index (χ1v) is 8.68. The Morgan fingerprint density at radius 2 is 1.42 bits per heavy atom. The first-order chi connectivity index (χ1) is 14.3. The lowest BCUT2D eigenvalue weighted by Gasteiger charge is -2.48. The van der Waals surface area contributed by atoms with Gasteiger partial charge >= 0.3 is 0 Å². The molecular formula is C18H10F8N3OS. The molecule has 0 aromatic heterocycles. The van der Waals surface area contributed by atoms with Crippen LogP contribution >= 0.6 is 12.6 Å². The molecule has 1 aliphatic rings. The molecule has 0 unspecified atom stereocenters. The van der Waals surface area contributed by atoms with Crippen LogP contribution in [0.1, 0.15) is 24.0 Å². The second-order valence-electron chi connectivity index (χ2n) is 6.80. The van der Waals surface area contributed by atoms with Gasteiger partial charge in [0.05, 0.1) is 11.5 Å². The fraction of sp³-hybridized carbons (Fsp3) is 0.222. The van der Waals surface area contributed by atoms with E-state index in [0.717, 1.165) is 7.05 Å². The quantitative estimate of drug-likeness (QED) is 0.391. The Balaban J connectivity index is 2.49. The lowest BCUT2D eigenvalue weighted by molar-refractivity contribution is -0.145. The number of likely N-dealkylation sites (N-methyl/N-ethyl adjacent to an activating group) is 1. The maximum Gasteiger partial charge on any atom is 0.239 e. The molecule has 3 rings (SSSR count). The minimum absolute atomic E-state index is 0.192. The summed E-state index contributed by atoms with van der Waals surface area (Å²) in [6.07, 6.45) is 0. The van der Waals surface area contributed by atoms with E-state index in [4.69, 9.17) is 5.41 Å². The zero-order valence-corrected chi connectivity index (χ0v) is 16.3. The smallest absolute Gasteiger partial charge is 0.239 e. The van der Waals surface area contributed by atoms with Crippen LogP contribution in [0, 0.1) is 46.1 Å². The number of nitrogens with one attached hydrogen (secondary N) is 1. The van der Waals surface area contributed by atoms with Crippen molar-refractivity contribution in [3.63, 3.8) is 0 Å². The number of benzene rings is 2. The number of rotatable bonds is 2. The van der Waals surface area contributed by atoms with Gasteiger partial charge in [-0.1, -0.05) is 17.1 Å². The predicted octanol–water partition coefficient (Wildman–Crippen LogP) is 4.81. The van der Waals surface area contributed by atoms with Crippen LogP contribution in [-0.2, 0) is 10.3 Å². The van der Waals surface area contributed by atoms with Gasteiger partial charge in [-0.15, -0.1) is 0 Å². The highest BCUT2D eigenvalue weighted by atomic mass is 32.1. The molecule has 1 heterocycles. The van der Waals surface area contributed by atoms with Crippen LogP contribution in [0.25, 0.3) is 0 Å². The maximum absolute atomic E-state index is 15.2. The van der Waals surface area contributed by atoms with Crippen molar-refractivity contribution in [2.45, 2.75) is 23.3 Å². The van der Waals surface area contributed by atoms with Crippen LogP contribution in [0.4, 0.5) is 35.2 Å². The second kappa shape index (κ2) is 7.32. The van der Waals surface area contributed by atoms with Gasteiger partial charge in [-0.25, -0.2) is 30.7 Å². The molecule has 0 saturated carbocycles. The van der Waals surface area contributed by atoms with Gasteiger partial charge in [0.2, 0.25) is 11.9 Å². The molecule has 1 fully saturated rings. The van der Waals surface area contributed by atoms with Gasteiger partial charge in [-0.2, -0.15) is 5.12 Å². The van der Waals surface area contributed by atoms with Crippen molar-refractivity contribution < 1.29 is 40.0 Å². The van der Waals surface area contributed by atoms with Crippen molar-refractivity contribution in [2.75, 3.05) is 7.05 Å². The molecule has 0 spiro atoms. The van der Waals surface area contributed by atoms with Crippen LogP contribution in [-0.4, -0.2) is 28.9 Å². The van der Waals surface area contributed by atoms with E-state index in [1.165, 1.54) is 0 Å². The van der Waals surface area contributed by atoms with E-state index in [2.05, 4.69) is 12.6 Å². The van der Waals surface area contributed by atoms with Crippen molar-refractivity contribution in [3.8, 4) is 0 Å².